The number of cyclic esters (lactones) is 1. The van der Waals surface area contributed by atoms with Gasteiger partial charge in [-0.1, -0.05) is 18.2 Å². The second-order valence-electron chi connectivity index (χ2n) is 5.49. The summed E-state index contributed by atoms with van der Waals surface area (Å²) in [7, 11) is 4.46. The molecule has 1 aliphatic heterocycles. The summed E-state index contributed by atoms with van der Waals surface area (Å²) in [6.07, 6.45) is -0.645. The number of para-hydroxylation sites is 1. The van der Waals surface area contributed by atoms with Gasteiger partial charge in [0.2, 0.25) is 0 Å². The number of ether oxygens (including phenoxy) is 4. The smallest absolute Gasteiger partial charge is 0.343 e. The average Bonchev–Trinajstić information content (AvgIpc) is 2.96. The van der Waals surface area contributed by atoms with Crippen molar-refractivity contribution >= 4 is 11.8 Å². The summed E-state index contributed by atoms with van der Waals surface area (Å²) in [5.74, 6) is 0.554. The number of methoxy groups -OCH3 is 3. The first-order chi connectivity index (χ1) is 12.1. The van der Waals surface area contributed by atoms with Crippen molar-refractivity contribution in [1.29, 1.82) is 0 Å². The molecule has 0 aromatic heterocycles. The number of benzene rings is 2. The van der Waals surface area contributed by atoms with Crippen LogP contribution >= 0.6 is 0 Å². The number of fused-ring (bicyclic) bond motifs is 1. The van der Waals surface area contributed by atoms with Crippen LogP contribution in [0.2, 0.25) is 0 Å². The van der Waals surface area contributed by atoms with E-state index in [1.807, 2.05) is 0 Å². The van der Waals surface area contributed by atoms with Gasteiger partial charge in [0.05, 0.1) is 33.3 Å². The molecule has 0 spiro atoms. The molecule has 0 amide bonds. The summed E-state index contributed by atoms with van der Waals surface area (Å²) in [4.78, 5) is 24.9. The van der Waals surface area contributed by atoms with E-state index < -0.39 is 12.1 Å². The minimum Gasteiger partial charge on any atom is -0.496 e. The molecule has 2 aromatic rings. The maximum Gasteiger partial charge on any atom is 0.343 e. The van der Waals surface area contributed by atoms with Crippen LogP contribution in [0.1, 0.15) is 38.8 Å². The van der Waals surface area contributed by atoms with Gasteiger partial charge in [0.1, 0.15) is 17.4 Å². The van der Waals surface area contributed by atoms with Gasteiger partial charge in [-0.25, -0.2) is 4.79 Å². The van der Waals surface area contributed by atoms with Crippen LogP contribution in [-0.2, 0) is 4.74 Å². The largest absolute Gasteiger partial charge is 0.496 e. The van der Waals surface area contributed by atoms with Gasteiger partial charge in [-0.3, -0.25) is 4.79 Å². The summed E-state index contributed by atoms with van der Waals surface area (Å²) in [5, 5.41) is 0. The normalized spacial score (nSPS) is 15.3. The predicted molar refractivity (Wildman–Crippen MR) is 89.6 cm³/mol. The molecule has 1 aliphatic rings. The van der Waals surface area contributed by atoms with E-state index in [1.54, 1.807) is 36.4 Å². The predicted octanol–water partition coefficient (Wildman–Crippen LogP) is 3.20. The van der Waals surface area contributed by atoms with Crippen molar-refractivity contribution < 1.29 is 28.5 Å². The van der Waals surface area contributed by atoms with E-state index in [2.05, 4.69) is 0 Å². The molecule has 0 fully saturated rings. The quantitative estimate of drug-likeness (QED) is 0.593. The maximum atomic E-state index is 12.6. The highest BCUT2D eigenvalue weighted by atomic mass is 16.6. The van der Waals surface area contributed by atoms with Crippen LogP contribution in [0.15, 0.2) is 36.4 Å². The van der Waals surface area contributed by atoms with E-state index in [9.17, 15) is 9.59 Å². The Bertz CT molecular complexity index is 827. The molecule has 0 bridgehead atoms. The molecule has 1 heterocycles. The van der Waals surface area contributed by atoms with Crippen LogP contribution in [0.4, 0.5) is 0 Å². The van der Waals surface area contributed by atoms with E-state index in [0.29, 0.717) is 33.9 Å². The van der Waals surface area contributed by atoms with Crippen LogP contribution in [-0.4, -0.2) is 33.1 Å². The molecule has 130 valence electrons. The van der Waals surface area contributed by atoms with Crippen molar-refractivity contribution in [2.24, 2.45) is 0 Å². The second-order valence-corrected chi connectivity index (χ2v) is 5.49. The van der Waals surface area contributed by atoms with Crippen molar-refractivity contribution in [3.05, 3.63) is 53.1 Å². The molecule has 2 aromatic carbocycles. The van der Waals surface area contributed by atoms with Gasteiger partial charge >= 0.3 is 5.97 Å². The third kappa shape index (κ3) is 2.91. The fourth-order valence-electron chi connectivity index (χ4n) is 2.98. The summed E-state index contributed by atoms with van der Waals surface area (Å²) in [6.45, 7) is 0. The molecule has 6 nitrogen and oxygen atoms in total. The third-order valence-corrected chi connectivity index (χ3v) is 4.16. The van der Waals surface area contributed by atoms with E-state index in [0.717, 1.165) is 0 Å². The highest BCUT2D eigenvalue weighted by Crippen LogP contribution is 2.43. The highest BCUT2D eigenvalue weighted by molar-refractivity contribution is 6.02. The fraction of sp³-hybridized carbons (Fsp3) is 0.263. The Balaban J connectivity index is 1.92. The van der Waals surface area contributed by atoms with Crippen LogP contribution in [0.3, 0.4) is 0 Å². The molecule has 3 rings (SSSR count). The molecule has 1 unspecified atom stereocenters. The number of hydrogen-bond donors (Lipinski definition) is 0. The van der Waals surface area contributed by atoms with Crippen LogP contribution in [0.25, 0.3) is 0 Å². The molecule has 0 N–H and O–H groups in total. The zero-order valence-electron chi connectivity index (χ0n) is 14.2. The number of hydrogen-bond acceptors (Lipinski definition) is 6. The van der Waals surface area contributed by atoms with Crippen molar-refractivity contribution in [3.8, 4) is 17.2 Å². The Kier molecular flexibility index (Phi) is 4.61. The highest BCUT2D eigenvalue weighted by Gasteiger charge is 2.37. The number of Topliss-reactive ketones (excluding diaryl/α,β-unsaturated/α-hetero) is 1. The SMILES string of the molecule is COc1ccccc1C(=O)CC1OC(=O)c2c1ccc(OC)c2OC. The van der Waals surface area contributed by atoms with Crippen molar-refractivity contribution in [1.82, 2.24) is 0 Å². The number of rotatable bonds is 6. The lowest BCUT2D eigenvalue weighted by atomic mass is 9.97. The summed E-state index contributed by atoms with van der Waals surface area (Å²) < 4.78 is 21.1. The average molecular weight is 342 g/mol. The van der Waals surface area contributed by atoms with Gasteiger partial charge in [0.25, 0.3) is 0 Å². The fourth-order valence-corrected chi connectivity index (χ4v) is 2.98. The molecule has 6 heteroatoms. The summed E-state index contributed by atoms with van der Waals surface area (Å²) in [5.41, 5.74) is 1.38. The van der Waals surface area contributed by atoms with Crippen LogP contribution in [0.5, 0.6) is 17.2 Å². The van der Waals surface area contributed by atoms with Gasteiger partial charge < -0.3 is 18.9 Å². The van der Waals surface area contributed by atoms with Crippen molar-refractivity contribution in [2.75, 3.05) is 21.3 Å². The molecule has 0 radical (unpaired) electrons. The molecular weight excluding hydrogens is 324 g/mol. The standard InChI is InChI=1S/C19H18O6/c1-22-14-7-5-4-6-11(14)13(20)10-16-12-8-9-15(23-2)18(24-3)17(12)19(21)25-16/h4-9,16H,10H2,1-3H3. The molecule has 25 heavy (non-hydrogen) atoms. The van der Waals surface area contributed by atoms with Crippen molar-refractivity contribution in [3.63, 3.8) is 0 Å². The Morgan fingerprint density at radius 1 is 1.00 bits per heavy atom. The zero-order chi connectivity index (χ0) is 18.0. The van der Waals surface area contributed by atoms with E-state index >= 15 is 0 Å². The van der Waals surface area contributed by atoms with E-state index in [4.69, 9.17) is 18.9 Å². The first-order valence-electron chi connectivity index (χ1n) is 7.72. The Morgan fingerprint density at radius 2 is 1.72 bits per heavy atom. The topological polar surface area (TPSA) is 71.1 Å². The number of carbonyl (C=O) groups excluding carboxylic acids is 2. The van der Waals surface area contributed by atoms with E-state index in [1.165, 1.54) is 21.3 Å². The number of carbonyl (C=O) groups is 2. The first kappa shape index (κ1) is 16.8. The van der Waals surface area contributed by atoms with Gasteiger partial charge in [0, 0.05) is 5.56 Å². The van der Waals surface area contributed by atoms with E-state index in [-0.39, 0.29) is 12.2 Å². The molecule has 0 aliphatic carbocycles. The first-order valence-corrected chi connectivity index (χ1v) is 7.72. The number of ketones is 1. The van der Waals surface area contributed by atoms with Gasteiger partial charge in [-0.05, 0) is 18.2 Å². The molecule has 0 saturated carbocycles. The minimum absolute atomic E-state index is 0.0224. The second kappa shape index (κ2) is 6.84. The monoisotopic (exact) mass is 342 g/mol. The Labute approximate surface area is 145 Å². The lowest BCUT2D eigenvalue weighted by Gasteiger charge is -2.13. The van der Waals surface area contributed by atoms with Crippen LogP contribution in [0, 0.1) is 0 Å². The summed E-state index contributed by atoms with van der Waals surface area (Å²) >= 11 is 0. The van der Waals surface area contributed by atoms with Crippen molar-refractivity contribution in [2.45, 2.75) is 12.5 Å². The lowest BCUT2D eigenvalue weighted by molar-refractivity contribution is 0.0365. The lowest BCUT2D eigenvalue weighted by Crippen LogP contribution is -2.09. The van der Waals surface area contributed by atoms with Gasteiger partial charge in [-0.15, -0.1) is 0 Å². The molecule has 1 atom stereocenters. The Hall–Kier alpha value is -3.02. The third-order valence-electron chi connectivity index (χ3n) is 4.16. The van der Waals surface area contributed by atoms with Crippen LogP contribution < -0.4 is 14.2 Å². The maximum absolute atomic E-state index is 12.6. The zero-order valence-corrected chi connectivity index (χ0v) is 14.2. The minimum atomic E-state index is -0.667. The van der Waals surface area contributed by atoms with Gasteiger partial charge in [0.15, 0.2) is 17.3 Å². The van der Waals surface area contributed by atoms with Gasteiger partial charge in [-0.2, -0.15) is 0 Å². The molecule has 0 saturated heterocycles. The Morgan fingerprint density at radius 3 is 2.40 bits per heavy atom. The number of esters is 1. The summed E-state index contributed by atoms with van der Waals surface area (Å²) in [6, 6.07) is 10.4. The molecular formula is C19H18O6.